The fourth-order valence-corrected chi connectivity index (χ4v) is 2.21. The molecule has 3 N–H and O–H groups in total. The van der Waals surface area contributed by atoms with Gasteiger partial charge < -0.3 is 11.1 Å². The molecule has 0 aliphatic heterocycles. The Labute approximate surface area is 127 Å². The number of nitrogens with zero attached hydrogens (tertiary/aromatic N) is 2. The first-order chi connectivity index (χ1) is 9.92. The largest absolute Gasteiger partial charge is 0.389 e. The average molecular weight is 310 g/mol. The molecule has 0 bridgehead atoms. The zero-order chi connectivity index (χ0) is 15.6. The highest BCUT2D eigenvalue weighted by Gasteiger charge is 2.13. The van der Waals surface area contributed by atoms with Crippen LogP contribution in [0.1, 0.15) is 23.7 Å². The summed E-state index contributed by atoms with van der Waals surface area (Å²) in [7, 11) is 1.81. The van der Waals surface area contributed by atoms with Crippen molar-refractivity contribution < 1.29 is 8.78 Å². The van der Waals surface area contributed by atoms with Crippen LogP contribution in [0.25, 0.3) is 0 Å². The maximum atomic E-state index is 13.9. The first-order valence-corrected chi connectivity index (χ1v) is 6.87. The van der Waals surface area contributed by atoms with Gasteiger partial charge in [0.15, 0.2) is 0 Å². The number of halogens is 2. The molecule has 0 saturated carbocycles. The van der Waals surface area contributed by atoms with Gasteiger partial charge in [-0.3, -0.25) is 4.68 Å². The highest BCUT2D eigenvalue weighted by atomic mass is 32.1. The number of nitrogens with one attached hydrogen (secondary N) is 1. The molecule has 112 valence electrons. The first kappa shape index (κ1) is 15.4. The van der Waals surface area contributed by atoms with Crippen LogP contribution in [0.4, 0.5) is 14.5 Å². The van der Waals surface area contributed by atoms with Crippen LogP contribution in [0.3, 0.4) is 0 Å². The Morgan fingerprint density at radius 3 is 2.52 bits per heavy atom. The van der Waals surface area contributed by atoms with Gasteiger partial charge in [-0.15, -0.1) is 0 Å². The number of benzene rings is 1. The van der Waals surface area contributed by atoms with Crippen LogP contribution in [0, 0.1) is 11.6 Å². The van der Waals surface area contributed by atoms with Crippen LogP contribution in [0.2, 0.25) is 0 Å². The van der Waals surface area contributed by atoms with E-state index in [1.165, 1.54) is 0 Å². The second kappa shape index (κ2) is 6.17. The van der Waals surface area contributed by atoms with E-state index in [2.05, 4.69) is 10.4 Å². The number of thiocarbonyl (C=S) groups is 1. The second-order valence-electron chi connectivity index (χ2n) is 4.66. The third-order valence-corrected chi connectivity index (χ3v) is 3.34. The van der Waals surface area contributed by atoms with Gasteiger partial charge in [0.25, 0.3) is 0 Å². The van der Waals surface area contributed by atoms with Crippen molar-refractivity contribution >= 4 is 22.9 Å². The molecule has 0 radical (unpaired) electrons. The summed E-state index contributed by atoms with van der Waals surface area (Å²) < 4.78 is 29.5. The van der Waals surface area contributed by atoms with E-state index in [9.17, 15) is 8.78 Å². The highest BCUT2D eigenvalue weighted by molar-refractivity contribution is 7.80. The first-order valence-electron chi connectivity index (χ1n) is 6.46. The molecule has 0 fully saturated rings. The van der Waals surface area contributed by atoms with Crippen molar-refractivity contribution in [1.29, 1.82) is 0 Å². The molecule has 0 unspecified atom stereocenters. The van der Waals surface area contributed by atoms with E-state index in [1.54, 1.807) is 11.7 Å². The van der Waals surface area contributed by atoms with Gasteiger partial charge in [-0.2, -0.15) is 5.10 Å². The number of rotatable bonds is 5. The average Bonchev–Trinajstić information content (AvgIpc) is 2.77. The predicted octanol–water partition coefficient (Wildman–Crippen LogP) is 2.51. The molecule has 0 spiro atoms. The maximum absolute atomic E-state index is 13.9. The summed E-state index contributed by atoms with van der Waals surface area (Å²) in [6.07, 6.45) is 2.58. The molecule has 7 heteroatoms. The number of hydrogen-bond acceptors (Lipinski definition) is 3. The summed E-state index contributed by atoms with van der Waals surface area (Å²) >= 11 is 4.71. The van der Waals surface area contributed by atoms with Crippen LogP contribution in [-0.4, -0.2) is 14.8 Å². The van der Waals surface area contributed by atoms with Crippen molar-refractivity contribution in [3.8, 4) is 0 Å². The number of hydrogen-bond donors (Lipinski definition) is 2. The lowest BCUT2D eigenvalue weighted by Crippen LogP contribution is -2.12. The molecular formula is C14H16F2N4S. The van der Waals surface area contributed by atoms with Crippen LogP contribution in [0.15, 0.2) is 18.3 Å². The smallest absolute Gasteiger partial charge is 0.150 e. The monoisotopic (exact) mass is 310 g/mol. The fourth-order valence-electron chi connectivity index (χ4n) is 2.10. The van der Waals surface area contributed by atoms with Gasteiger partial charge in [0.05, 0.1) is 5.69 Å². The minimum atomic E-state index is -0.722. The minimum absolute atomic E-state index is 0.0418. The lowest BCUT2D eigenvalue weighted by Gasteiger charge is -2.10. The zero-order valence-corrected chi connectivity index (χ0v) is 12.6. The Kier molecular flexibility index (Phi) is 4.52. The number of anilines is 1. The molecule has 2 aromatic rings. The van der Waals surface area contributed by atoms with Crippen molar-refractivity contribution in [2.75, 3.05) is 5.32 Å². The lowest BCUT2D eigenvalue weighted by atomic mass is 10.1. The summed E-state index contributed by atoms with van der Waals surface area (Å²) in [4.78, 5) is -0.0418. The topological polar surface area (TPSA) is 55.9 Å². The molecule has 4 nitrogen and oxygen atoms in total. The van der Waals surface area contributed by atoms with Crippen molar-refractivity contribution in [2.24, 2.45) is 12.8 Å². The molecule has 1 aromatic carbocycles. The number of nitrogens with two attached hydrogens (primary N) is 1. The number of aryl methyl sites for hydroxylation is 2. The Hall–Kier alpha value is -2.02. The van der Waals surface area contributed by atoms with Gasteiger partial charge in [-0.05, 0) is 18.6 Å². The van der Waals surface area contributed by atoms with E-state index in [4.69, 9.17) is 18.0 Å². The van der Waals surface area contributed by atoms with Gasteiger partial charge in [-0.1, -0.05) is 19.1 Å². The summed E-state index contributed by atoms with van der Waals surface area (Å²) in [6, 6.07) is 2.25. The highest BCUT2D eigenvalue weighted by Crippen LogP contribution is 2.22. The molecule has 0 saturated heterocycles. The maximum Gasteiger partial charge on any atom is 0.150 e. The van der Waals surface area contributed by atoms with Crippen molar-refractivity contribution in [3.05, 3.63) is 46.8 Å². The van der Waals surface area contributed by atoms with E-state index in [0.29, 0.717) is 0 Å². The quantitative estimate of drug-likeness (QED) is 0.833. The Balaban J connectivity index is 2.22. The van der Waals surface area contributed by atoms with Crippen molar-refractivity contribution in [1.82, 2.24) is 9.78 Å². The Morgan fingerprint density at radius 1 is 1.38 bits per heavy atom. The molecule has 0 aliphatic rings. The molecule has 1 aromatic heterocycles. The summed E-state index contributed by atoms with van der Waals surface area (Å²) in [5, 5.41) is 7.04. The minimum Gasteiger partial charge on any atom is -0.389 e. The van der Waals surface area contributed by atoms with Gasteiger partial charge in [0.2, 0.25) is 0 Å². The van der Waals surface area contributed by atoms with E-state index < -0.39 is 11.6 Å². The standard InChI is InChI=1S/C14H16F2N4S/c1-3-12-9(7-20(2)19-12)6-18-13-10(15)4-8(14(17)21)5-11(13)16/h4-5,7,18H,3,6H2,1-2H3,(H2,17,21). The van der Waals surface area contributed by atoms with E-state index in [1.807, 2.05) is 13.1 Å². The predicted molar refractivity (Wildman–Crippen MR) is 82.2 cm³/mol. The van der Waals surface area contributed by atoms with Gasteiger partial charge in [-0.25, -0.2) is 8.78 Å². The molecule has 21 heavy (non-hydrogen) atoms. The van der Waals surface area contributed by atoms with E-state index in [0.717, 1.165) is 29.8 Å². The van der Waals surface area contributed by atoms with Crippen molar-refractivity contribution in [2.45, 2.75) is 19.9 Å². The summed E-state index contributed by atoms with van der Waals surface area (Å²) in [6.45, 7) is 2.27. The van der Waals surface area contributed by atoms with Gasteiger partial charge >= 0.3 is 0 Å². The molecular weight excluding hydrogens is 294 g/mol. The third-order valence-electron chi connectivity index (χ3n) is 3.11. The molecule has 1 heterocycles. The van der Waals surface area contributed by atoms with Gasteiger partial charge in [0, 0.05) is 30.9 Å². The summed E-state index contributed by atoms with van der Waals surface area (Å²) in [5.41, 5.74) is 7.14. The third kappa shape index (κ3) is 3.36. The normalized spacial score (nSPS) is 10.7. The number of aromatic nitrogens is 2. The fraction of sp³-hybridized carbons (Fsp3) is 0.286. The van der Waals surface area contributed by atoms with Crippen LogP contribution in [-0.2, 0) is 20.0 Å². The molecule has 0 amide bonds. The van der Waals surface area contributed by atoms with E-state index in [-0.39, 0.29) is 22.8 Å². The molecule has 0 atom stereocenters. The van der Waals surface area contributed by atoms with E-state index >= 15 is 0 Å². The molecule has 0 aliphatic carbocycles. The van der Waals surface area contributed by atoms with Crippen LogP contribution < -0.4 is 11.1 Å². The zero-order valence-electron chi connectivity index (χ0n) is 11.8. The van der Waals surface area contributed by atoms with Crippen molar-refractivity contribution in [3.63, 3.8) is 0 Å². The Morgan fingerprint density at radius 2 is 2.00 bits per heavy atom. The van der Waals surface area contributed by atoms with Gasteiger partial charge in [0.1, 0.15) is 22.3 Å². The Bertz CT molecular complexity index is 659. The van der Waals surface area contributed by atoms with Crippen LogP contribution >= 0.6 is 12.2 Å². The second-order valence-corrected chi connectivity index (χ2v) is 5.10. The summed E-state index contributed by atoms with van der Waals surface area (Å²) in [5.74, 6) is -1.44. The lowest BCUT2D eigenvalue weighted by molar-refractivity contribution is 0.587. The molecule has 2 rings (SSSR count). The van der Waals surface area contributed by atoms with Crippen LogP contribution in [0.5, 0.6) is 0 Å². The SMILES string of the molecule is CCc1nn(C)cc1CNc1c(F)cc(C(N)=S)cc1F.